The molecule has 3 aromatic heterocycles. The quantitative estimate of drug-likeness (QED) is 0.661. The van der Waals surface area contributed by atoms with E-state index in [4.69, 9.17) is 4.74 Å². The molecule has 1 aliphatic heterocycles. The van der Waals surface area contributed by atoms with Gasteiger partial charge in [-0.2, -0.15) is 19.0 Å². The number of anilines is 2. The standard InChI is InChI=1S/C15H20N8OS/c1-11-9-13(23-14(18-11)16-10-17-23)21-4-6-22(7-5-21)15-19-12(20-25-15)3-8-24-2/h9-10H,3-8H2,1-2H3. The Balaban J connectivity index is 1.46. The molecule has 3 aromatic rings. The summed E-state index contributed by atoms with van der Waals surface area (Å²) in [7, 11) is 1.69. The molecule has 1 aliphatic rings. The van der Waals surface area contributed by atoms with Crippen molar-refractivity contribution in [1.82, 2.24) is 28.9 Å². The molecule has 9 nitrogen and oxygen atoms in total. The number of aromatic nitrogens is 6. The fourth-order valence-electron chi connectivity index (χ4n) is 2.93. The van der Waals surface area contributed by atoms with Crippen molar-refractivity contribution in [2.24, 2.45) is 0 Å². The Morgan fingerprint density at radius 1 is 1.16 bits per heavy atom. The SMILES string of the molecule is COCCc1nsc(N2CCN(c3cc(C)nc4ncnn34)CC2)n1. The lowest BCUT2D eigenvalue weighted by atomic mass is 10.3. The highest BCUT2D eigenvalue weighted by Gasteiger charge is 2.22. The third-order valence-electron chi connectivity index (χ3n) is 4.22. The van der Waals surface area contributed by atoms with Crippen molar-refractivity contribution < 1.29 is 4.74 Å². The molecule has 0 saturated carbocycles. The molecular formula is C15H20N8OS. The maximum absolute atomic E-state index is 5.09. The van der Waals surface area contributed by atoms with Crippen LogP contribution in [0, 0.1) is 6.92 Å². The number of piperazine rings is 1. The third-order valence-corrected chi connectivity index (χ3v) is 5.04. The van der Waals surface area contributed by atoms with Crippen molar-refractivity contribution in [3.8, 4) is 0 Å². The minimum atomic E-state index is 0.643. The summed E-state index contributed by atoms with van der Waals surface area (Å²) in [6.45, 7) is 6.22. The Morgan fingerprint density at radius 2 is 1.96 bits per heavy atom. The predicted molar refractivity (Wildman–Crippen MR) is 95.4 cm³/mol. The number of nitrogens with zero attached hydrogens (tertiary/aromatic N) is 8. The van der Waals surface area contributed by atoms with Crippen molar-refractivity contribution in [2.45, 2.75) is 13.3 Å². The summed E-state index contributed by atoms with van der Waals surface area (Å²) in [5.74, 6) is 2.54. The Hall–Kier alpha value is -2.33. The summed E-state index contributed by atoms with van der Waals surface area (Å²) in [5, 5.41) is 5.29. The van der Waals surface area contributed by atoms with Gasteiger partial charge in [-0.1, -0.05) is 0 Å². The summed E-state index contributed by atoms with van der Waals surface area (Å²) in [4.78, 5) is 17.8. The normalized spacial score (nSPS) is 15.3. The van der Waals surface area contributed by atoms with Crippen LogP contribution in [0.3, 0.4) is 0 Å². The van der Waals surface area contributed by atoms with E-state index >= 15 is 0 Å². The molecule has 1 saturated heterocycles. The average molecular weight is 360 g/mol. The fourth-order valence-corrected chi connectivity index (χ4v) is 3.69. The molecule has 0 unspecified atom stereocenters. The zero-order valence-corrected chi connectivity index (χ0v) is 15.1. The van der Waals surface area contributed by atoms with Crippen LogP contribution in [0.4, 0.5) is 10.9 Å². The van der Waals surface area contributed by atoms with Gasteiger partial charge in [0.05, 0.1) is 6.61 Å². The number of hydrogen-bond acceptors (Lipinski definition) is 9. The second-order valence-corrected chi connectivity index (χ2v) is 6.67. The minimum absolute atomic E-state index is 0.643. The van der Waals surface area contributed by atoms with E-state index in [2.05, 4.69) is 40.3 Å². The highest BCUT2D eigenvalue weighted by molar-refractivity contribution is 7.09. The third kappa shape index (κ3) is 3.27. The summed E-state index contributed by atoms with van der Waals surface area (Å²) in [6.07, 6.45) is 2.30. The molecule has 0 N–H and O–H groups in total. The molecule has 4 heterocycles. The molecule has 0 aromatic carbocycles. The number of hydrogen-bond donors (Lipinski definition) is 0. The molecule has 4 rings (SSSR count). The second-order valence-electron chi connectivity index (χ2n) is 5.94. The van der Waals surface area contributed by atoms with Crippen LogP contribution < -0.4 is 9.80 Å². The van der Waals surface area contributed by atoms with Crippen LogP contribution in [-0.4, -0.2) is 68.8 Å². The number of ether oxygens (including phenoxy) is 1. The number of methoxy groups -OCH3 is 1. The average Bonchev–Trinajstić information content (AvgIpc) is 3.28. The lowest BCUT2D eigenvalue weighted by molar-refractivity contribution is 0.201. The van der Waals surface area contributed by atoms with Crippen LogP contribution >= 0.6 is 11.5 Å². The summed E-state index contributed by atoms with van der Waals surface area (Å²) in [5.41, 5.74) is 0.949. The summed E-state index contributed by atoms with van der Waals surface area (Å²) in [6, 6.07) is 2.06. The van der Waals surface area contributed by atoms with E-state index in [1.54, 1.807) is 18.0 Å². The van der Waals surface area contributed by atoms with Gasteiger partial charge in [-0.15, -0.1) is 0 Å². The van der Waals surface area contributed by atoms with Crippen molar-refractivity contribution >= 4 is 28.3 Å². The maximum Gasteiger partial charge on any atom is 0.254 e. The van der Waals surface area contributed by atoms with Crippen molar-refractivity contribution in [1.29, 1.82) is 0 Å². The van der Waals surface area contributed by atoms with Gasteiger partial charge in [0.1, 0.15) is 18.0 Å². The molecular weight excluding hydrogens is 340 g/mol. The van der Waals surface area contributed by atoms with Gasteiger partial charge in [0.15, 0.2) is 0 Å². The van der Waals surface area contributed by atoms with E-state index < -0.39 is 0 Å². The Bertz CT molecular complexity index is 854. The smallest absolute Gasteiger partial charge is 0.254 e. The molecule has 0 radical (unpaired) electrons. The molecule has 0 spiro atoms. The number of rotatable bonds is 5. The first kappa shape index (κ1) is 16.2. The van der Waals surface area contributed by atoms with Crippen LogP contribution in [0.1, 0.15) is 11.5 Å². The highest BCUT2D eigenvalue weighted by atomic mass is 32.1. The molecule has 0 aliphatic carbocycles. The molecule has 0 atom stereocenters. The van der Waals surface area contributed by atoms with Crippen molar-refractivity contribution in [3.05, 3.63) is 23.9 Å². The maximum atomic E-state index is 5.09. The first-order valence-electron chi connectivity index (χ1n) is 8.23. The van der Waals surface area contributed by atoms with Crippen molar-refractivity contribution in [2.75, 3.05) is 49.7 Å². The molecule has 1 fully saturated rings. The number of aryl methyl sites for hydroxylation is 1. The van der Waals surface area contributed by atoms with Crippen LogP contribution in [0.25, 0.3) is 5.78 Å². The Morgan fingerprint density at radius 3 is 2.76 bits per heavy atom. The highest BCUT2D eigenvalue weighted by Crippen LogP contribution is 2.22. The Kier molecular flexibility index (Phi) is 4.45. The van der Waals surface area contributed by atoms with Gasteiger partial charge >= 0.3 is 0 Å². The minimum Gasteiger partial charge on any atom is -0.384 e. The van der Waals surface area contributed by atoms with E-state index in [0.717, 1.165) is 55.1 Å². The summed E-state index contributed by atoms with van der Waals surface area (Å²) >= 11 is 1.46. The monoisotopic (exact) mass is 360 g/mol. The molecule has 25 heavy (non-hydrogen) atoms. The van der Waals surface area contributed by atoms with Gasteiger partial charge < -0.3 is 14.5 Å². The van der Waals surface area contributed by atoms with Gasteiger partial charge in [0.25, 0.3) is 5.78 Å². The molecule has 132 valence electrons. The lowest BCUT2D eigenvalue weighted by Crippen LogP contribution is -2.47. The van der Waals surface area contributed by atoms with Crippen molar-refractivity contribution in [3.63, 3.8) is 0 Å². The molecule has 10 heteroatoms. The summed E-state index contributed by atoms with van der Waals surface area (Å²) < 4.78 is 11.3. The first-order chi connectivity index (χ1) is 12.2. The first-order valence-corrected chi connectivity index (χ1v) is 9.01. The van der Waals surface area contributed by atoms with Crippen LogP contribution in [0.15, 0.2) is 12.4 Å². The zero-order valence-electron chi connectivity index (χ0n) is 14.3. The van der Waals surface area contributed by atoms with Gasteiger partial charge in [-0.25, -0.2) is 9.97 Å². The van der Waals surface area contributed by atoms with Gasteiger partial charge in [-0.05, 0) is 6.92 Å². The fraction of sp³-hybridized carbons (Fsp3) is 0.533. The zero-order chi connectivity index (χ0) is 17.2. The lowest BCUT2D eigenvalue weighted by Gasteiger charge is -2.35. The van der Waals surface area contributed by atoms with Gasteiger partial charge in [0.2, 0.25) is 5.13 Å². The topological polar surface area (TPSA) is 84.6 Å². The van der Waals surface area contributed by atoms with E-state index in [9.17, 15) is 0 Å². The van der Waals surface area contributed by atoms with E-state index in [1.165, 1.54) is 11.5 Å². The van der Waals surface area contributed by atoms with Gasteiger partial charge in [-0.3, -0.25) is 0 Å². The molecule has 0 amide bonds. The van der Waals surface area contributed by atoms with E-state index in [0.29, 0.717) is 12.4 Å². The van der Waals surface area contributed by atoms with Gasteiger partial charge in [0, 0.05) is 63.0 Å². The Labute approximate surface area is 149 Å². The number of fused-ring (bicyclic) bond motifs is 1. The van der Waals surface area contributed by atoms with Crippen LogP contribution in [0.2, 0.25) is 0 Å². The predicted octanol–water partition coefficient (Wildman–Crippen LogP) is 0.800. The van der Waals surface area contributed by atoms with Crippen LogP contribution in [0.5, 0.6) is 0 Å². The van der Waals surface area contributed by atoms with E-state index in [1.807, 2.05) is 6.92 Å². The van der Waals surface area contributed by atoms with E-state index in [-0.39, 0.29) is 0 Å². The molecule has 0 bridgehead atoms. The largest absolute Gasteiger partial charge is 0.384 e. The van der Waals surface area contributed by atoms with Crippen LogP contribution in [-0.2, 0) is 11.2 Å². The second kappa shape index (κ2) is 6.89.